The first-order valence-electron chi connectivity index (χ1n) is 19.7. The van der Waals surface area contributed by atoms with E-state index in [2.05, 4.69) is 66.7 Å². The van der Waals surface area contributed by atoms with Crippen molar-refractivity contribution in [1.82, 2.24) is 8.47 Å². The van der Waals surface area contributed by atoms with Gasteiger partial charge in [-0.25, -0.2) is 25.0 Å². The second-order valence-corrected chi connectivity index (χ2v) is 18.5. The fourth-order valence-electron chi connectivity index (χ4n) is 9.77. The molecular weight excluding hydrogens is 761 g/mol. The maximum Gasteiger partial charge on any atom is 0.503 e. The summed E-state index contributed by atoms with van der Waals surface area (Å²) in [6.07, 6.45) is 0. The molecule has 0 aliphatic carbocycles. The van der Waals surface area contributed by atoms with Gasteiger partial charge < -0.3 is 15.6 Å². The fourth-order valence-corrected chi connectivity index (χ4v) is 12.8. The number of aliphatic imine (C=N–C) groups is 3. The van der Waals surface area contributed by atoms with Crippen LogP contribution in [0.1, 0.15) is 22.3 Å². The molecule has 0 radical (unpaired) electrons. The predicted octanol–water partition coefficient (Wildman–Crippen LogP) is 8.45. The minimum absolute atomic E-state index is 0.232. The van der Waals surface area contributed by atoms with E-state index in [1.54, 1.807) is 8.47 Å². The molecule has 8 aromatic carbocycles. The number of aliphatic hydroxyl groups excluding tert-OH is 1. The van der Waals surface area contributed by atoms with Crippen LogP contribution in [-0.4, -0.2) is 44.5 Å². The van der Waals surface area contributed by atoms with E-state index in [-0.39, 0.29) is 16.9 Å². The summed E-state index contributed by atoms with van der Waals surface area (Å²) < 4.78 is 3.40. The number of nitrogen functional groups attached to an aromatic ring is 1. The van der Waals surface area contributed by atoms with Gasteiger partial charge in [-0.3, -0.25) is 8.47 Å². The lowest BCUT2D eigenvalue weighted by Crippen LogP contribution is -2.62. The van der Waals surface area contributed by atoms with E-state index >= 15 is 0 Å². The molecule has 14 rings (SSSR count). The SMILES string of the molecule is Nc1c2cc3ccccc3cc2c2n1[Si]1(O)/C(O)=C3N=C(/N=c4/c5cc6ccccc6cc5/c(n41)=N/C1=NC(=N\2)/c2cc4ccccc4cc21)c1cc2ccccc2cc1\3. The van der Waals surface area contributed by atoms with Crippen molar-refractivity contribution in [3.63, 3.8) is 0 Å². The lowest BCUT2D eigenvalue weighted by atomic mass is 10.0. The Balaban J connectivity index is 1.24. The van der Waals surface area contributed by atoms with Crippen LogP contribution in [0.4, 0.5) is 11.6 Å². The summed E-state index contributed by atoms with van der Waals surface area (Å²) in [4.78, 5) is 40.8. The third-order valence-electron chi connectivity index (χ3n) is 12.6. The molecule has 0 amide bonds. The topological polar surface area (TPSA) is 138 Å². The van der Waals surface area contributed by atoms with Gasteiger partial charge in [-0.2, -0.15) is 0 Å². The highest BCUT2D eigenvalue weighted by atomic mass is 28.4. The molecule has 4 aliphatic rings. The maximum atomic E-state index is 14.4. The quantitative estimate of drug-likeness (QED) is 0.133. The molecule has 4 aliphatic heterocycles. The van der Waals surface area contributed by atoms with Crippen LogP contribution in [0.25, 0.3) is 70.3 Å². The lowest BCUT2D eigenvalue weighted by molar-refractivity contribution is 0.390. The highest BCUT2D eigenvalue weighted by Gasteiger charge is 2.53. The number of benzene rings is 8. The van der Waals surface area contributed by atoms with Crippen LogP contribution in [0.5, 0.6) is 0 Å². The van der Waals surface area contributed by atoms with Gasteiger partial charge in [0.1, 0.15) is 28.3 Å². The number of hydrogen-bond acceptors (Lipinski definition) is 8. The maximum absolute atomic E-state index is 14.4. The van der Waals surface area contributed by atoms with Crippen LogP contribution in [0, 0.1) is 0 Å². The number of aromatic nitrogens is 2. The summed E-state index contributed by atoms with van der Waals surface area (Å²) in [6, 6.07) is 48.9. The Morgan fingerprint density at radius 2 is 0.800 bits per heavy atom. The average Bonchev–Trinajstić information content (AvgIpc) is 3.97. The summed E-state index contributed by atoms with van der Waals surface area (Å²) in [5.74, 6) is 1.88. The van der Waals surface area contributed by atoms with Gasteiger partial charge in [0.25, 0.3) is 0 Å². The normalized spacial score (nSPS) is 20.6. The summed E-state index contributed by atoms with van der Waals surface area (Å²) >= 11 is 0. The third-order valence-corrected chi connectivity index (χ3v) is 15.6. The number of aliphatic hydroxyl groups is 1. The van der Waals surface area contributed by atoms with E-state index in [1.807, 2.05) is 78.9 Å². The standard InChI is InChI=1S/C49H28N8O2Si/c50-42-34-18-26-10-2-6-14-30(26)22-38(34)46-54-44-36-20-28-12-4-5-13-29(28)21-37(36)45(52-44)55-48-40-24-32-16-8-7-15-31(32)23-39(40)47-53-43-35-19-27-11-3-1-9-25(27)17-33(35)41(51-43)49(58)60(59,56(42)46)57(47)48/h1-24,58-59H,50H2/b49-41-,53-47-,54-44-,55-48-. The van der Waals surface area contributed by atoms with Gasteiger partial charge >= 0.3 is 8.64 Å². The number of anilines is 1. The third kappa shape index (κ3) is 3.97. The number of nitrogens with zero attached hydrogens (tertiary/aromatic N) is 7. The van der Waals surface area contributed by atoms with Crippen molar-refractivity contribution in [2.24, 2.45) is 25.0 Å². The van der Waals surface area contributed by atoms with Crippen molar-refractivity contribution < 1.29 is 9.90 Å². The van der Waals surface area contributed by atoms with E-state index in [1.165, 1.54) is 0 Å². The molecule has 0 saturated heterocycles. The van der Waals surface area contributed by atoms with Crippen molar-refractivity contribution in [3.8, 4) is 0 Å². The zero-order chi connectivity index (χ0) is 39.6. The molecule has 0 saturated carbocycles. The van der Waals surface area contributed by atoms with Crippen molar-refractivity contribution in [2.45, 2.75) is 0 Å². The van der Waals surface area contributed by atoms with Crippen molar-refractivity contribution >= 4 is 108 Å². The first kappa shape index (κ1) is 32.0. The van der Waals surface area contributed by atoms with E-state index in [0.29, 0.717) is 50.6 Å². The van der Waals surface area contributed by atoms with Crippen LogP contribution in [0.3, 0.4) is 0 Å². The molecular formula is C49H28N8O2Si. The number of amidine groups is 3. The minimum atomic E-state index is -4.88. The lowest BCUT2D eigenvalue weighted by Gasteiger charge is -2.30. The minimum Gasteiger partial charge on any atom is -0.509 e. The molecule has 0 fully saturated rings. The molecule has 4 bridgehead atoms. The van der Waals surface area contributed by atoms with Gasteiger partial charge in [-0.1, -0.05) is 97.1 Å². The molecule has 1 unspecified atom stereocenters. The number of nitrogens with two attached hydrogens (primary N) is 1. The van der Waals surface area contributed by atoms with E-state index in [0.717, 1.165) is 70.6 Å². The van der Waals surface area contributed by atoms with Gasteiger partial charge in [0.2, 0.25) is 0 Å². The smallest absolute Gasteiger partial charge is 0.503 e. The monoisotopic (exact) mass is 788 g/mol. The Kier molecular flexibility index (Phi) is 5.83. The largest absolute Gasteiger partial charge is 0.509 e. The number of fused-ring (bicyclic) bond motifs is 19. The molecule has 60 heavy (non-hydrogen) atoms. The molecule has 0 spiro atoms. The van der Waals surface area contributed by atoms with Crippen LogP contribution in [0.15, 0.2) is 176 Å². The number of hydrogen-bond donors (Lipinski definition) is 3. The molecule has 6 heterocycles. The highest BCUT2D eigenvalue weighted by Crippen LogP contribution is 2.44. The summed E-state index contributed by atoms with van der Waals surface area (Å²) in [5.41, 5.74) is 11.4. The first-order chi connectivity index (χ1) is 29.4. The van der Waals surface area contributed by atoms with Gasteiger partial charge in [-0.15, -0.1) is 0 Å². The highest BCUT2D eigenvalue weighted by molar-refractivity contribution is 6.78. The zero-order valence-electron chi connectivity index (χ0n) is 31.5. The van der Waals surface area contributed by atoms with E-state index in [9.17, 15) is 9.90 Å². The van der Waals surface area contributed by atoms with Crippen molar-refractivity contribution in [3.05, 3.63) is 184 Å². The molecule has 2 aromatic heterocycles. The van der Waals surface area contributed by atoms with E-state index in [4.69, 9.17) is 30.7 Å². The van der Waals surface area contributed by atoms with Gasteiger partial charge in [0.05, 0.1) is 0 Å². The van der Waals surface area contributed by atoms with Crippen molar-refractivity contribution in [2.75, 3.05) is 5.73 Å². The molecule has 10 nitrogen and oxygen atoms in total. The second-order valence-electron chi connectivity index (χ2n) is 15.9. The zero-order valence-corrected chi connectivity index (χ0v) is 32.5. The molecule has 4 N–H and O–H groups in total. The van der Waals surface area contributed by atoms with Gasteiger partial charge in [0, 0.05) is 43.8 Å². The Morgan fingerprint density at radius 3 is 1.30 bits per heavy atom. The Bertz CT molecular complexity index is 4010. The Morgan fingerprint density at radius 1 is 0.417 bits per heavy atom. The first-order valence-corrected chi connectivity index (χ1v) is 21.6. The predicted molar refractivity (Wildman–Crippen MR) is 241 cm³/mol. The summed E-state index contributed by atoms with van der Waals surface area (Å²) in [7, 11) is -4.88. The summed E-state index contributed by atoms with van der Waals surface area (Å²) in [6.45, 7) is 0. The molecule has 1 atom stereocenters. The van der Waals surface area contributed by atoms with Crippen LogP contribution in [-0.2, 0) is 0 Å². The van der Waals surface area contributed by atoms with Gasteiger partial charge in [-0.05, 0) is 91.6 Å². The van der Waals surface area contributed by atoms with Crippen LogP contribution < -0.4 is 16.7 Å². The fraction of sp³-hybridized carbons (Fsp3) is 0. The summed E-state index contributed by atoms with van der Waals surface area (Å²) in [5, 5.41) is 23.8. The number of rotatable bonds is 0. The van der Waals surface area contributed by atoms with Crippen LogP contribution in [0.2, 0.25) is 0 Å². The molecule has 10 aromatic rings. The van der Waals surface area contributed by atoms with Crippen molar-refractivity contribution in [1.29, 1.82) is 0 Å². The van der Waals surface area contributed by atoms with Crippen LogP contribution >= 0.6 is 0 Å². The van der Waals surface area contributed by atoms with E-state index < -0.39 is 8.64 Å². The Hall–Kier alpha value is -7.99. The molecule has 11 heteroatoms. The van der Waals surface area contributed by atoms with Gasteiger partial charge in [0.15, 0.2) is 22.9 Å². The average molecular weight is 789 g/mol. The Labute approximate surface area is 340 Å². The molecule has 280 valence electrons. The second kappa shape index (κ2) is 10.9.